The number of carbonyl (C=O) groups excluding carboxylic acids is 1. The van der Waals surface area contributed by atoms with Crippen molar-refractivity contribution in [3.05, 3.63) is 72.3 Å². The van der Waals surface area contributed by atoms with E-state index < -0.39 is 0 Å². The van der Waals surface area contributed by atoms with Crippen LogP contribution in [0.15, 0.2) is 72.4 Å². The lowest BCUT2D eigenvalue weighted by Crippen LogP contribution is -2.25. The molecular formula is C21H21ClN4OS. The lowest BCUT2D eigenvalue weighted by molar-refractivity contribution is -0.115. The third kappa shape index (κ3) is 4.82. The number of nitrogens with zero attached hydrogens (tertiary/aromatic N) is 3. The second-order valence-corrected chi connectivity index (χ2v) is 7.69. The number of aromatic nitrogens is 3. The molecule has 0 spiro atoms. The molecule has 28 heavy (non-hydrogen) atoms. The number of para-hydroxylation sites is 1. The van der Waals surface area contributed by atoms with Crippen LogP contribution in [-0.4, -0.2) is 25.9 Å². The van der Waals surface area contributed by atoms with Crippen molar-refractivity contribution >= 4 is 35.0 Å². The number of hydrogen-bond acceptors (Lipinski definition) is 4. The van der Waals surface area contributed by atoms with Crippen LogP contribution >= 0.6 is 23.4 Å². The van der Waals surface area contributed by atoms with Crippen molar-refractivity contribution in [1.29, 1.82) is 0 Å². The van der Waals surface area contributed by atoms with Crippen LogP contribution in [-0.2, 0) is 11.3 Å². The average Bonchev–Trinajstić information content (AvgIpc) is 3.10. The molecule has 0 radical (unpaired) electrons. The van der Waals surface area contributed by atoms with Crippen LogP contribution in [0.5, 0.6) is 0 Å². The third-order valence-electron chi connectivity index (χ3n) is 4.08. The van der Waals surface area contributed by atoms with Crippen LogP contribution in [0.25, 0.3) is 11.4 Å². The second kappa shape index (κ2) is 9.57. The van der Waals surface area contributed by atoms with E-state index in [2.05, 4.69) is 22.1 Å². The summed E-state index contributed by atoms with van der Waals surface area (Å²) in [5.74, 6) is 0.664. The molecule has 3 aromatic rings. The summed E-state index contributed by atoms with van der Waals surface area (Å²) >= 11 is 7.39. The molecule has 1 amide bonds. The first-order chi connectivity index (χ1) is 13.6. The Balaban J connectivity index is 1.82. The molecule has 1 aromatic heterocycles. The normalized spacial score (nSPS) is 11.8. The highest BCUT2D eigenvalue weighted by atomic mass is 35.5. The van der Waals surface area contributed by atoms with Gasteiger partial charge in [0.1, 0.15) is 0 Å². The summed E-state index contributed by atoms with van der Waals surface area (Å²) in [6, 6.07) is 16.9. The van der Waals surface area contributed by atoms with Crippen molar-refractivity contribution in [2.75, 3.05) is 5.32 Å². The van der Waals surface area contributed by atoms with Gasteiger partial charge >= 0.3 is 0 Å². The van der Waals surface area contributed by atoms with Crippen LogP contribution in [0, 0.1) is 0 Å². The molecule has 0 unspecified atom stereocenters. The van der Waals surface area contributed by atoms with Gasteiger partial charge in [-0.15, -0.1) is 16.8 Å². The maximum absolute atomic E-state index is 12.7. The lowest BCUT2D eigenvalue weighted by Gasteiger charge is -2.15. The molecule has 0 aliphatic carbocycles. The van der Waals surface area contributed by atoms with E-state index in [4.69, 9.17) is 11.6 Å². The van der Waals surface area contributed by atoms with Crippen molar-refractivity contribution in [3.8, 4) is 11.4 Å². The van der Waals surface area contributed by atoms with Gasteiger partial charge in [0.05, 0.1) is 5.25 Å². The van der Waals surface area contributed by atoms with Gasteiger partial charge in [0.2, 0.25) is 5.91 Å². The van der Waals surface area contributed by atoms with Crippen molar-refractivity contribution < 1.29 is 4.79 Å². The number of amides is 1. The van der Waals surface area contributed by atoms with Crippen LogP contribution in [0.3, 0.4) is 0 Å². The summed E-state index contributed by atoms with van der Waals surface area (Å²) in [5, 5.41) is 12.7. The zero-order valence-electron chi connectivity index (χ0n) is 15.5. The number of anilines is 1. The predicted octanol–water partition coefficient (Wildman–Crippen LogP) is 5.29. The van der Waals surface area contributed by atoms with Crippen molar-refractivity contribution in [3.63, 3.8) is 0 Å². The minimum atomic E-state index is -0.286. The van der Waals surface area contributed by atoms with Gasteiger partial charge < -0.3 is 5.32 Å². The van der Waals surface area contributed by atoms with E-state index in [9.17, 15) is 4.79 Å². The molecular weight excluding hydrogens is 392 g/mol. The van der Waals surface area contributed by atoms with Crippen LogP contribution in [0.2, 0.25) is 5.02 Å². The Hall–Kier alpha value is -2.57. The van der Waals surface area contributed by atoms with Crippen LogP contribution in [0.4, 0.5) is 5.69 Å². The molecule has 1 N–H and O–H groups in total. The molecule has 1 heterocycles. The number of hydrogen-bond donors (Lipinski definition) is 1. The van der Waals surface area contributed by atoms with Gasteiger partial charge in [0.25, 0.3) is 0 Å². The molecule has 2 aromatic carbocycles. The van der Waals surface area contributed by atoms with Gasteiger partial charge in [-0.25, -0.2) is 0 Å². The molecule has 1 atom stereocenters. The Morgan fingerprint density at radius 1 is 1.21 bits per heavy atom. The summed E-state index contributed by atoms with van der Waals surface area (Å²) in [5.41, 5.74) is 1.69. The first-order valence-electron chi connectivity index (χ1n) is 8.95. The molecule has 0 fully saturated rings. The molecule has 144 valence electrons. The second-order valence-electron chi connectivity index (χ2n) is 6.08. The zero-order valence-corrected chi connectivity index (χ0v) is 17.1. The van der Waals surface area contributed by atoms with Crippen molar-refractivity contribution in [1.82, 2.24) is 14.8 Å². The first-order valence-corrected chi connectivity index (χ1v) is 10.2. The largest absolute Gasteiger partial charge is 0.325 e. The highest BCUT2D eigenvalue weighted by Gasteiger charge is 2.23. The number of nitrogens with one attached hydrogen (secondary N) is 1. The first kappa shape index (κ1) is 20.2. The van der Waals surface area contributed by atoms with Crippen LogP contribution in [0.1, 0.15) is 13.3 Å². The monoisotopic (exact) mass is 412 g/mol. The van der Waals surface area contributed by atoms with E-state index >= 15 is 0 Å². The number of allylic oxidation sites excluding steroid dienone is 1. The molecule has 0 aliphatic rings. The molecule has 7 heteroatoms. The third-order valence-corrected chi connectivity index (χ3v) is 5.68. The molecule has 0 aliphatic heterocycles. The fourth-order valence-electron chi connectivity index (χ4n) is 2.68. The Bertz CT molecular complexity index is 941. The van der Waals surface area contributed by atoms with Gasteiger partial charge in [-0.05, 0) is 42.8 Å². The molecule has 0 bridgehead atoms. The Morgan fingerprint density at radius 3 is 2.57 bits per heavy atom. The summed E-state index contributed by atoms with van der Waals surface area (Å²) in [6.45, 7) is 6.36. The Morgan fingerprint density at radius 2 is 1.93 bits per heavy atom. The quantitative estimate of drug-likeness (QED) is 0.403. The summed E-state index contributed by atoms with van der Waals surface area (Å²) in [6.07, 6.45) is 2.46. The fourth-order valence-corrected chi connectivity index (χ4v) is 3.77. The number of carbonyl (C=O) groups is 1. The van der Waals surface area contributed by atoms with E-state index in [1.165, 1.54) is 11.8 Å². The average molecular weight is 413 g/mol. The summed E-state index contributed by atoms with van der Waals surface area (Å²) < 4.78 is 1.96. The highest BCUT2D eigenvalue weighted by molar-refractivity contribution is 8.00. The van der Waals surface area contributed by atoms with Crippen molar-refractivity contribution in [2.45, 2.75) is 30.3 Å². The standard InChI is InChI=1S/C21H21ClN4OS/c1-3-14-26-19(15-10-12-16(22)13-11-15)24-25-21(26)28-18(4-2)20(27)23-17-8-6-5-7-9-17/h3,5-13,18H,1,4,14H2,2H3,(H,23,27)/t18-/m1/s1. The Kier molecular flexibility index (Phi) is 6.90. The minimum Gasteiger partial charge on any atom is -0.325 e. The summed E-state index contributed by atoms with van der Waals surface area (Å²) in [7, 11) is 0. The van der Waals surface area contributed by atoms with Gasteiger partial charge in [-0.3, -0.25) is 9.36 Å². The van der Waals surface area contributed by atoms with Crippen LogP contribution < -0.4 is 5.32 Å². The fraction of sp³-hybridized carbons (Fsp3) is 0.190. The van der Waals surface area contributed by atoms with E-state index in [1.54, 1.807) is 6.08 Å². The molecule has 0 saturated heterocycles. The van der Waals surface area contributed by atoms with Gasteiger partial charge in [-0.2, -0.15) is 0 Å². The summed E-state index contributed by atoms with van der Waals surface area (Å²) in [4.78, 5) is 12.7. The number of rotatable bonds is 8. The topological polar surface area (TPSA) is 59.8 Å². The predicted molar refractivity (Wildman–Crippen MR) is 116 cm³/mol. The van der Waals surface area contributed by atoms with E-state index in [-0.39, 0.29) is 11.2 Å². The molecule has 3 rings (SSSR count). The lowest BCUT2D eigenvalue weighted by atomic mass is 10.2. The number of halogens is 1. The maximum atomic E-state index is 12.7. The van der Waals surface area contributed by atoms with Gasteiger partial charge in [0, 0.05) is 22.8 Å². The molecule has 0 saturated carbocycles. The van der Waals surface area contributed by atoms with Gasteiger partial charge in [-0.1, -0.05) is 54.6 Å². The zero-order chi connectivity index (χ0) is 19.9. The van der Waals surface area contributed by atoms with E-state index in [0.717, 1.165) is 17.1 Å². The smallest absolute Gasteiger partial charge is 0.237 e. The van der Waals surface area contributed by atoms with E-state index in [0.29, 0.717) is 23.1 Å². The number of thioether (sulfide) groups is 1. The minimum absolute atomic E-state index is 0.0557. The Labute approximate surface area is 173 Å². The molecule has 5 nitrogen and oxygen atoms in total. The highest BCUT2D eigenvalue weighted by Crippen LogP contribution is 2.29. The maximum Gasteiger partial charge on any atom is 0.237 e. The van der Waals surface area contributed by atoms with Gasteiger partial charge in [0.15, 0.2) is 11.0 Å². The number of benzene rings is 2. The van der Waals surface area contributed by atoms with Crippen molar-refractivity contribution in [2.24, 2.45) is 0 Å². The van der Waals surface area contributed by atoms with E-state index in [1.807, 2.05) is 66.1 Å². The SMILES string of the molecule is C=CCn1c(S[C@H](CC)C(=O)Nc2ccccc2)nnc1-c1ccc(Cl)cc1.